The Balaban J connectivity index is 1.46. The molecule has 3 atom stereocenters. The summed E-state index contributed by atoms with van der Waals surface area (Å²) in [5, 5.41) is 1.94. The number of hydrogen-bond acceptors (Lipinski definition) is 5. The number of aryl methyl sites for hydroxylation is 1. The molecule has 2 saturated heterocycles. The number of carbonyl (C=O) groups excluding carboxylic acids is 1. The number of halogens is 2. The first-order valence-electron chi connectivity index (χ1n) is 18.0. The summed E-state index contributed by atoms with van der Waals surface area (Å²) in [7, 11) is -2.18. The van der Waals surface area contributed by atoms with E-state index in [1.54, 1.807) is 18.3 Å². The predicted octanol–water partition coefficient (Wildman–Crippen LogP) is 10.2. The number of amides is 1. The minimum absolute atomic E-state index is 0.000514. The van der Waals surface area contributed by atoms with Crippen molar-refractivity contribution in [3.8, 4) is 22.7 Å². The van der Waals surface area contributed by atoms with Crippen molar-refractivity contribution < 1.29 is 18.3 Å². The van der Waals surface area contributed by atoms with Gasteiger partial charge in [0, 0.05) is 40.8 Å². The van der Waals surface area contributed by atoms with E-state index >= 15 is 8.78 Å². The molecule has 9 heteroatoms. The first-order valence-corrected chi connectivity index (χ1v) is 20.2. The highest BCUT2D eigenvalue weighted by molar-refractivity contribution is 6.90. The van der Waals surface area contributed by atoms with E-state index in [0.717, 1.165) is 17.5 Å². The number of hydrogen-bond donors (Lipinski definition) is 0. The fraction of sp³-hybridized carbons (Fsp3) is 0.488. The Bertz CT molecular complexity index is 2020. The Labute approximate surface area is 296 Å². The molecule has 50 heavy (non-hydrogen) atoms. The number of pyridine rings is 2. The number of anilines is 1. The van der Waals surface area contributed by atoms with Crippen molar-refractivity contribution in [1.29, 1.82) is 0 Å². The third-order valence-corrected chi connectivity index (χ3v) is 17.3. The number of likely N-dealkylation sites (tertiary alicyclic amines) is 1. The average molecular weight is 697 g/mol. The standard InChI is InChI=1S/C41H50F2N4O2Si/c1-23(2)50(24(3)4,25(5)6)20-18-29-32(42)16-15-28-13-12-14-30(35(28)29)37-36(43)38-31(22-44-37)34(21-26(7)45-38)47-27(8)39-33(47)17-19-46(39)40(48)49-41(9,10)11/h12-16,21-25,27,33,39H,17,19H2,1-11H3/t27-,33+,39+/m0/s1. The van der Waals surface area contributed by atoms with Gasteiger partial charge in [0.05, 0.1) is 23.3 Å². The maximum Gasteiger partial charge on any atom is 0.410 e. The molecule has 2 aromatic carbocycles. The molecule has 0 radical (unpaired) electrons. The SMILES string of the molecule is Cc1cc(N2[C@@H]3CCN(C(=O)OC(C)(C)C)[C@@H]3[C@@H]2C)c2cnc(-c3cccc4ccc(F)c(C#C[Si](C(C)C)(C(C)C)C(C)C)c34)c(F)c2n1. The van der Waals surface area contributed by atoms with Gasteiger partial charge in [0.25, 0.3) is 0 Å². The number of aromatic nitrogens is 2. The van der Waals surface area contributed by atoms with Crippen molar-refractivity contribution in [2.24, 2.45) is 0 Å². The van der Waals surface area contributed by atoms with Gasteiger partial charge in [-0.2, -0.15) is 0 Å². The second-order valence-electron chi connectivity index (χ2n) is 16.1. The Morgan fingerprint density at radius 3 is 2.36 bits per heavy atom. The molecule has 2 aliphatic heterocycles. The monoisotopic (exact) mass is 696 g/mol. The fourth-order valence-electron chi connectivity index (χ4n) is 8.92. The first-order chi connectivity index (χ1) is 23.5. The summed E-state index contributed by atoms with van der Waals surface area (Å²) in [5.41, 5.74) is 6.86. The third-order valence-electron chi connectivity index (χ3n) is 11.0. The highest BCUT2D eigenvalue weighted by atomic mass is 28.3. The molecule has 2 aliphatic rings. The summed E-state index contributed by atoms with van der Waals surface area (Å²) in [4.78, 5) is 26.5. The van der Waals surface area contributed by atoms with Crippen LogP contribution in [0.3, 0.4) is 0 Å². The summed E-state index contributed by atoms with van der Waals surface area (Å²) >= 11 is 0. The van der Waals surface area contributed by atoms with Crippen LogP contribution in [0.15, 0.2) is 42.6 Å². The first kappa shape index (κ1) is 35.8. The molecule has 0 N–H and O–H groups in total. The van der Waals surface area contributed by atoms with Crippen LogP contribution in [-0.4, -0.2) is 59.3 Å². The van der Waals surface area contributed by atoms with Crippen LogP contribution < -0.4 is 4.90 Å². The van der Waals surface area contributed by atoms with Crippen molar-refractivity contribution in [1.82, 2.24) is 14.9 Å². The van der Waals surface area contributed by atoms with Crippen molar-refractivity contribution >= 4 is 41.5 Å². The van der Waals surface area contributed by atoms with Gasteiger partial charge in [0.1, 0.15) is 30.7 Å². The van der Waals surface area contributed by atoms with Gasteiger partial charge in [-0.25, -0.2) is 18.6 Å². The number of benzene rings is 2. The molecule has 2 aromatic heterocycles. The normalized spacial score (nSPS) is 19.3. The quantitative estimate of drug-likeness (QED) is 0.154. The average Bonchev–Trinajstić information content (AvgIpc) is 3.41. The van der Waals surface area contributed by atoms with E-state index in [1.165, 1.54) is 6.07 Å². The number of carbonyl (C=O) groups is 1. The van der Waals surface area contributed by atoms with Crippen molar-refractivity contribution in [2.75, 3.05) is 11.4 Å². The molecule has 1 amide bonds. The zero-order valence-electron chi connectivity index (χ0n) is 31.3. The lowest BCUT2D eigenvalue weighted by Gasteiger charge is -2.54. The zero-order valence-corrected chi connectivity index (χ0v) is 32.3. The van der Waals surface area contributed by atoms with Crippen LogP contribution in [0.2, 0.25) is 16.6 Å². The van der Waals surface area contributed by atoms with Crippen LogP contribution in [0.5, 0.6) is 0 Å². The van der Waals surface area contributed by atoms with E-state index in [2.05, 4.69) is 69.8 Å². The van der Waals surface area contributed by atoms with Crippen LogP contribution in [0.4, 0.5) is 19.3 Å². The summed E-state index contributed by atoms with van der Waals surface area (Å²) in [6.07, 6.45) is 2.17. The van der Waals surface area contributed by atoms with Crippen molar-refractivity contribution in [2.45, 2.75) is 123 Å². The van der Waals surface area contributed by atoms with E-state index < -0.39 is 25.3 Å². The molecule has 6 rings (SSSR count). The Morgan fingerprint density at radius 1 is 1.04 bits per heavy atom. The molecule has 0 aliphatic carbocycles. The molecule has 0 bridgehead atoms. The molecule has 4 heterocycles. The Kier molecular flexibility index (Phi) is 9.26. The third kappa shape index (κ3) is 5.83. The summed E-state index contributed by atoms with van der Waals surface area (Å²) < 4.78 is 38.4. The maximum atomic E-state index is 16.9. The van der Waals surface area contributed by atoms with Crippen LogP contribution in [-0.2, 0) is 4.74 Å². The van der Waals surface area contributed by atoms with Gasteiger partial charge in [-0.3, -0.25) is 4.98 Å². The minimum Gasteiger partial charge on any atom is -0.444 e. The second kappa shape index (κ2) is 12.9. The Morgan fingerprint density at radius 2 is 1.72 bits per heavy atom. The van der Waals surface area contributed by atoms with Crippen LogP contribution in [0.1, 0.15) is 86.9 Å². The number of rotatable bonds is 5. The molecule has 2 fully saturated rings. The fourth-order valence-corrected chi connectivity index (χ4v) is 14.1. The zero-order chi connectivity index (χ0) is 36.4. The summed E-state index contributed by atoms with van der Waals surface area (Å²) in [6, 6.07) is 10.8. The number of fused-ring (bicyclic) bond motifs is 3. The molecule has 4 aromatic rings. The highest BCUT2D eigenvalue weighted by Gasteiger charge is 2.55. The molecular weight excluding hydrogens is 647 g/mol. The van der Waals surface area contributed by atoms with Gasteiger partial charge >= 0.3 is 6.09 Å². The molecule has 0 unspecified atom stereocenters. The van der Waals surface area contributed by atoms with Crippen molar-refractivity contribution in [3.05, 3.63) is 65.5 Å². The van der Waals surface area contributed by atoms with Gasteiger partial charge in [0.2, 0.25) is 0 Å². The van der Waals surface area contributed by atoms with E-state index in [-0.39, 0.29) is 41.0 Å². The van der Waals surface area contributed by atoms with Crippen molar-refractivity contribution in [3.63, 3.8) is 0 Å². The molecule has 6 nitrogen and oxygen atoms in total. The van der Waals surface area contributed by atoms with E-state index in [0.29, 0.717) is 45.2 Å². The predicted molar refractivity (Wildman–Crippen MR) is 202 cm³/mol. The van der Waals surface area contributed by atoms with Gasteiger partial charge < -0.3 is 14.5 Å². The lowest BCUT2D eigenvalue weighted by atomic mass is 9.86. The molecule has 264 valence electrons. The Hall–Kier alpha value is -4.03. The number of nitrogens with zero attached hydrogens (tertiary/aromatic N) is 4. The van der Waals surface area contributed by atoms with Crippen LogP contribution in [0, 0.1) is 30.0 Å². The minimum atomic E-state index is -2.18. The van der Waals surface area contributed by atoms with E-state index in [9.17, 15) is 4.79 Å². The topological polar surface area (TPSA) is 58.6 Å². The largest absolute Gasteiger partial charge is 0.444 e. The maximum absolute atomic E-state index is 16.9. The smallest absolute Gasteiger partial charge is 0.410 e. The van der Waals surface area contributed by atoms with Gasteiger partial charge in [-0.1, -0.05) is 71.7 Å². The summed E-state index contributed by atoms with van der Waals surface area (Å²) in [6.45, 7) is 23.6. The molecule has 0 spiro atoms. The van der Waals surface area contributed by atoms with Crippen LogP contribution in [0.25, 0.3) is 32.9 Å². The number of ether oxygens (including phenoxy) is 1. The van der Waals surface area contributed by atoms with Gasteiger partial charge in [0.15, 0.2) is 5.82 Å². The van der Waals surface area contributed by atoms with E-state index in [4.69, 9.17) is 9.72 Å². The lowest BCUT2D eigenvalue weighted by molar-refractivity contribution is 0.0150. The van der Waals surface area contributed by atoms with Crippen LogP contribution >= 0.6 is 0 Å². The summed E-state index contributed by atoms with van der Waals surface area (Å²) in [5.74, 6) is 2.36. The second-order valence-corrected chi connectivity index (χ2v) is 21.7. The van der Waals surface area contributed by atoms with Gasteiger partial charge in [-0.15, -0.1) is 5.54 Å². The molecular formula is C41H50F2N4O2Si. The lowest BCUT2D eigenvalue weighted by Crippen LogP contribution is -2.69. The highest BCUT2D eigenvalue weighted by Crippen LogP contribution is 2.46. The van der Waals surface area contributed by atoms with E-state index in [1.807, 2.05) is 50.8 Å². The molecule has 0 saturated carbocycles. The van der Waals surface area contributed by atoms with Gasteiger partial charge in [-0.05, 0) is 75.2 Å².